The molecule has 0 aliphatic heterocycles. The monoisotopic (exact) mass is 398 g/mol. The van der Waals surface area contributed by atoms with E-state index in [-0.39, 0.29) is 22.7 Å². The van der Waals surface area contributed by atoms with Crippen LogP contribution in [-0.4, -0.2) is 11.6 Å². The van der Waals surface area contributed by atoms with Crippen LogP contribution in [0.1, 0.15) is 51.7 Å². The molecule has 30 heavy (non-hydrogen) atoms. The van der Waals surface area contributed by atoms with Crippen LogP contribution in [0.15, 0.2) is 59.7 Å². The van der Waals surface area contributed by atoms with Crippen molar-refractivity contribution in [2.75, 3.05) is 0 Å². The third kappa shape index (κ3) is 2.84. The summed E-state index contributed by atoms with van der Waals surface area (Å²) in [6.45, 7) is 8.86. The van der Waals surface area contributed by atoms with Crippen molar-refractivity contribution in [2.24, 2.45) is 34.5 Å². The highest BCUT2D eigenvalue weighted by molar-refractivity contribution is 5.97. The van der Waals surface area contributed by atoms with Crippen LogP contribution >= 0.6 is 0 Å². The van der Waals surface area contributed by atoms with E-state index in [2.05, 4.69) is 76.3 Å². The first-order valence-corrected chi connectivity index (χ1v) is 11.1. The zero-order valence-corrected chi connectivity index (χ0v) is 18.3. The Hall–Kier alpha value is -2.48. The Balaban J connectivity index is 1.28. The van der Waals surface area contributed by atoms with E-state index in [1.807, 2.05) is 12.2 Å². The maximum atomic E-state index is 12.3. The van der Waals surface area contributed by atoms with Crippen LogP contribution in [0.3, 0.4) is 0 Å². The lowest BCUT2D eigenvalue weighted by Gasteiger charge is -2.54. The van der Waals surface area contributed by atoms with Gasteiger partial charge in [-0.25, -0.2) is 0 Å². The predicted molar refractivity (Wildman–Crippen MR) is 121 cm³/mol. The summed E-state index contributed by atoms with van der Waals surface area (Å²) >= 11 is 0. The molecule has 2 saturated carbocycles. The van der Waals surface area contributed by atoms with Gasteiger partial charge in [-0.05, 0) is 69.9 Å². The summed E-state index contributed by atoms with van der Waals surface area (Å²) in [6, 6.07) is 8.44. The molecule has 0 radical (unpaired) electrons. The fourth-order valence-electron chi connectivity index (χ4n) is 6.11. The Morgan fingerprint density at radius 2 is 1.00 bits per heavy atom. The summed E-state index contributed by atoms with van der Waals surface area (Å²) in [7, 11) is 0. The van der Waals surface area contributed by atoms with Gasteiger partial charge in [0.05, 0.1) is 0 Å². The van der Waals surface area contributed by atoms with E-state index >= 15 is 0 Å². The average Bonchev–Trinajstić information content (AvgIpc) is 2.70. The number of allylic oxidation sites excluding steroid dienone is 6. The Kier molecular flexibility index (Phi) is 4.23. The molecule has 4 atom stereocenters. The Labute approximate surface area is 179 Å². The van der Waals surface area contributed by atoms with Crippen molar-refractivity contribution in [3.63, 3.8) is 0 Å². The number of carbonyl (C=O) groups excluding carboxylic acids is 2. The van der Waals surface area contributed by atoms with Crippen molar-refractivity contribution < 1.29 is 9.59 Å². The second-order valence-corrected chi connectivity index (χ2v) is 10.8. The smallest absolute Gasteiger partial charge is 0.159 e. The number of hydrogen-bond donors (Lipinski definition) is 0. The first kappa shape index (κ1) is 19.5. The van der Waals surface area contributed by atoms with Crippen molar-refractivity contribution in [3.8, 4) is 0 Å². The highest BCUT2D eigenvalue weighted by atomic mass is 16.1. The third-order valence-corrected chi connectivity index (χ3v) is 8.52. The Bertz CT molecular complexity index is 958. The minimum atomic E-state index is 0.102. The van der Waals surface area contributed by atoms with Gasteiger partial charge in [0.2, 0.25) is 0 Å². The molecule has 2 fully saturated rings. The van der Waals surface area contributed by atoms with Gasteiger partial charge in [-0.15, -0.1) is 0 Å². The minimum Gasteiger partial charge on any atom is -0.295 e. The summed E-state index contributed by atoms with van der Waals surface area (Å²) in [4.78, 5) is 24.5. The molecule has 1 aromatic carbocycles. The number of fused-ring (bicyclic) bond motifs is 2. The largest absolute Gasteiger partial charge is 0.295 e. The molecule has 0 amide bonds. The first-order chi connectivity index (χ1) is 14.2. The second-order valence-electron chi connectivity index (χ2n) is 10.8. The molecule has 4 bridgehead atoms. The number of rotatable bonds is 4. The molecule has 2 heteroatoms. The molecule has 0 saturated heterocycles. The lowest BCUT2D eigenvalue weighted by Crippen LogP contribution is -2.52. The van der Waals surface area contributed by atoms with Crippen molar-refractivity contribution in [2.45, 2.75) is 40.5 Å². The molecule has 6 aliphatic carbocycles. The fraction of sp³-hybridized carbons (Fsp3) is 0.429. The average molecular weight is 399 g/mol. The molecule has 0 aromatic heterocycles. The maximum absolute atomic E-state index is 12.3. The van der Waals surface area contributed by atoms with Gasteiger partial charge in [-0.1, -0.05) is 76.3 Å². The maximum Gasteiger partial charge on any atom is 0.159 e. The van der Waals surface area contributed by atoms with Crippen molar-refractivity contribution in [1.29, 1.82) is 0 Å². The zero-order chi connectivity index (χ0) is 21.3. The van der Waals surface area contributed by atoms with E-state index in [1.165, 1.54) is 11.1 Å². The quantitative estimate of drug-likeness (QED) is 0.618. The molecule has 2 nitrogen and oxygen atoms in total. The fourth-order valence-corrected chi connectivity index (χ4v) is 6.11. The van der Waals surface area contributed by atoms with Gasteiger partial charge >= 0.3 is 0 Å². The van der Waals surface area contributed by atoms with Gasteiger partial charge in [-0.3, -0.25) is 9.59 Å². The summed E-state index contributed by atoms with van der Waals surface area (Å²) in [5.41, 5.74) is 4.82. The van der Waals surface area contributed by atoms with Gasteiger partial charge in [0, 0.05) is 11.8 Å². The van der Waals surface area contributed by atoms with E-state index < -0.39 is 0 Å². The Morgan fingerprint density at radius 3 is 1.30 bits per heavy atom. The number of carbonyl (C=O) groups is 2. The minimum absolute atomic E-state index is 0.102. The van der Waals surface area contributed by atoms with Crippen LogP contribution in [0.2, 0.25) is 0 Å². The van der Waals surface area contributed by atoms with E-state index in [0.29, 0.717) is 23.4 Å². The molecule has 0 unspecified atom stereocenters. The summed E-state index contributed by atoms with van der Waals surface area (Å²) in [5, 5.41) is 0. The van der Waals surface area contributed by atoms with E-state index in [4.69, 9.17) is 0 Å². The lowest BCUT2D eigenvalue weighted by molar-refractivity contribution is -0.134. The normalized spacial score (nSPS) is 33.2. The second kappa shape index (κ2) is 6.51. The molecule has 0 spiro atoms. The standard InChI is InChI=1S/C28H30O2/c1-27(2)21-15-23(27)25(29)13-19(21)11-9-17-5-7-18(8-6-17)10-12-20-14-26(30)24-16-22(20)28(24,3)4/h5-14,21-24H,15-16H2,1-4H3/b11-9+,12-10+/t21-,22-,23+,24+/m0/s1. The van der Waals surface area contributed by atoms with E-state index in [1.54, 1.807) is 0 Å². The van der Waals surface area contributed by atoms with Gasteiger partial charge in [-0.2, -0.15) is 0 Å². The van der Waals surface area contributed by atoms with E-state index in [0.717, 1.165) is 24.0 Å². The number of benzene rings is 1. The van der Waals surface area contributed by atoms with Crippen LogP contribution in [0.25, 0.3) is 12.2 Å². The van der Waals surface area contributed by atoms with Crippen LogP contribution < -0.4 is 0 Å². The molecule has 7 rings (SSSR count). The number of ketones is 2. The molecule has 1 aromatic rings. The van der Waals surface area contributed by atoms with Gasteiger partial charge in [0.1, 0.15) is 0 Å². The van der Waals surface area contributed by atoms with Gasteiger partial charge in [0.15, 0.2) is 11.6 Å². The SMILES string of the molecule is CC1(C)[C@@H]2C[C@H]1C(/C=C/c1ccc(/C=C/C3=CC(=O)[C@H]4C[C@@H]3C4(C)C)cc1)=CC2=O. The van der Waals surface area contributed by atoms with Gasteiger partial charge in [0.25, 0.3) is 0 Å². The highest BCUT2D eigenvalue weighted by Crippen LogP contribution is 2.59. The molecule has 0 N–H and O–H groups in total. The van der Waals surface area contributed by atoms with E-state index in [9.17, 15) is 9.59 Å². The zero-order valence-electron chi connectivity index (χ0n) is 18.3. The van der Waals surface area contributed by atoms with Crippen LogP contribution in [0.4, 0.5) is 0 Å². The molecular formula is C28H30O2. The molecule has 0 heterocycles. The molecular weight excluding hydrogens is 368 g/mol. The van der Waals surface area contributed by atoms with Crippen LogP contribution in [0, 0.1) is 34.5 Å². The van der Waals surface area contributed by atoms with Crippen LogP contribution in [0.5, 0.6) is 0 Å². The predicted octanol–water partition coefficient (Wildman–Crippen LogP) is 6.06. The number of hydrogen-bond acceptors (Lipinski definition) is 2. The third-order valence-electron chi connectivity index (χ3n) is 8.52. The van der Waals surface area contributed by atoms with Crippen molar-refractivity contribution in [3.05, 3.63) is 70.8 Å². The summed E-state index contributed by atoms with van der Waals surface area (Å²) in [5.74, 6) is 2.02. The summed E-state index contributed by atoms with van der Waals surface area (Å²) < 4.78 is 0. The Morgan fingerprint density at radius 1 is 0.633 bits per heavy atom. The first-order valence-electron chi connectivity index (χ1n) is 11.1. The lowest BCUT2D eigenvalue weighted by atomic mass is 9.48. The molecule has 6 aliphatic rings. The van der Waals surface area contributed by atoms with Crippen molar-refractivity contribution in [1.82, 2.24) is 0 Å². The van der Waals surface area contributed by atoms with Crippen LogP contribution in [-0.2, 0) is 9.59 Å². The molecule has 154 valence electrons. The van der Waals surface area contributed by atoms with Gasteiger partial charge < -0.3 is 0 Å². The summed E-state index contributed by atoms with van der Waals surface area (Å²) in [6.07, 6.45) is 14.2. The van der Waals surface area contributed by atoms with Crippen molar-refractivity contribution >= 4 is 23.7 Å². The highest BCUT2D eigenvalue weighted by Gasteiger charge is 2.55. The topological polar surface area (TPSA) is 34.1 Å².